The van der Waals surface area contributed by atoms with E-state index >= 15 is 0 Å². The molecule has 2 aromatic rings. The summed E-state index contributed by atoms with van der Waals surface area (Å²) in [6.45, 7) is 2.10. The summed E-state index contributed by atoms with van der Waals surface area (Å²) in [4.78, 5) is 4.34. The van der Waals surface area contributed by atoms with Gasteiger partial charge in [-0.15, -0.1) is 0 Å². The van der Waals surface area contributed by atoms with Crippen LogP contribution in [0.2, 0.25) is 0 Å². The van der Waals surface area contributed by atoms with Gasteiger partial charge < -0.3 is 14.8 Å². The first kappa shape index (κ1) is 13.9. The molecule has 3 rings (SSSR count). The molecule has 21 heavy (non-hydrogen) atoms. The summed E-state index contributed by atoms with van der Waals surface area (Å²) in [5.74, 6) is 2.11. The van der Waals surface area contributed by atoms with Gasteiger partial charge >= 0.3 is 0 Å². The molecular weight excluding hydrogens is 266 g/mol. The number of hydrogen-bond acceptors (Lipinski definition) is 4. The van der Waals surface area contributed by atoms with Crippen LogP contribution in [-0.4, -0.2) is 36.9 Å². The molecule has 0 saturated carbocycles. The minimum atomic E-state index is 0.483. The summed E-state index contributed by atoms with van der Waals surface area (Å²) in [6.07, 6.45) is 6.19. The van der Waals surface area contributed by atoms with Gasteiger partial charge in [-0.05, 0) is 31.5 Å². The van der Waals surface area contributed by atoms with Crippen molar-refractivity contribution < 1.29 is 9.47 Å². The largest absolute Gasteiger partial charge is 0.497 e. The molecule has 0 bridgehead atoms. The average Bonchev–Trinajstić information content (AvgIpc) is 3.04. The van der Waals surface area contributed by atoms with Crippen LogP contribution in [0.15, 0.2) is 30.7 Å². The first-order chi connectivity index (χ1) is 10.3. The van der Waals surface area contributed by atoms with Crippen LogP contribution in [0.4, 0.5) is 0 Å². The Bertz CT molecular complexity index is 603. The summed E-state index contributed by atoms with van der Waals surface area (Å²) < 4.78 is 12.9. The van der Waals surface area contributed by atoms with E-state index in [0.717, 1.165) is 30.3 Å². The van der Waals surface area contributed by atoms with Gasteiger partial charge in [-0.1, -0.05) is 0 Å². The predicted molar refractivity (Wildman–Crippen MR) is 81.5 cm³/mol. The zero-order valence-corrected chi connectivity index (χ0v) is 12.5. The number of benzene rings is 1. The van der Waals surface area contributed by atoms with E-state index in [9.17, 15) is 0 Å². The second kappa shape index (κ2) is 6.18. The lowest BCUT2D eigenvalue weighted by atomic mass is 9.96. The maximum Gasteiger partial charge on any atom is 0.143 e. The molecule has 1 aromatic heterocycles. The molecule has 1 saturated heterocycles. The van der Waals surface area contributed by atoms with E-state index in [4.69, 9.17) is 9.47 Å². The van der Waals surface area contributed by atoms with Crippen LogP contribution < -0.4 is 14.8 Å². The summed E-state index contributed by atoms with van der Waals surface area (Å²) in [7, 11) is 3.36. The highest BCUT2D eigenvalue weighted by molar-refractivity contribution is 5.52. The number of nitrogens with one attached hydrogen (secondary N) is 1. The maximum atomic E-state index is 5.49. The summed E-state index contributed by atoms with van der Waals surface area (Å²) >= 11 is 0. The highest BCUT2D eigenvalue weighted by Gasteiger charge is 2.20. The Morgan fingerprint density at radius 1 is 1.29 bits per heavy atom. The van der Waals surface area contributed by atoms with Crippen LogP contribution in [0.5, 0.6) is 11.5 Å². The second-order valence-corrected chi connectivity index (χ2v) is 5.27. The molecule has 5 heteroatoms. The smallest absolute Gasteiger partial charge is 0.143 e. The number of imidazole rings is 1. The lowest BCUT2D eigenvalue weighted by Gasteiger charge is -2.24. The van der Waals surface area contributed by atoms with E-state index in [2.05, 4.69) is 14.9 Å². The SMILES string of the molecule is COc1ccc(OC)c(-n2cncc2C2CCCNC2)c1. The Balaban J connectivity index is 2.02. The number of ether oxygens (including phenoxy) is 2. The molecule has 0 aliphatic carbocycles. The van der Waals surface area contributed by atoms with Crippen molar-refractivity contribution >= 4 is 0 Å². The van der Waals surface area contributed by atoms with E-state index in [1.807, 2.05) is 30.7 Å². The van der Waals surface area contributed by atoms with Crippen molar-refractivity contribution in [3.63, 3.8) is 0 Å². The van der Waals surface area contributed by atoms with Crippen molar-refractivity contribution in [3.05, 3.63) is 36.4 Å². The van der Waals surface area contributed by atoms with Gasteiger partial charge in [-0.2, -0.15) is 0 Å². The molecule has 1 N–H and O–H groups in total. The second-order valence-electron chi connectivity index (χ2n) is 5.27. The van der Waals surface area contributed by atoms with Crippen LogP contribution in [0.25, 0.3) is 5.69 Å². The number of aromatic nitrogens is 2. The predicted octanol–water partition coefficient (Wildman–Crippen LogP) is 2.36. The van der Waals surface area contributed by atoms with Crippen LogP contribution in [0.3, 0.4) is 0 Å². The molecule has 0 spiro atoms. The minimum Gasteiger partial charge on any atom is -0.497 e. The van der Waals surface area contributed by atoms with Crippen molar-refractivity contribution in [2.24, 2.45) is 0 Å². The number of rotatable bonds is 4. The fraction of sp³-hybridized carbons (Fsp3) is 0.438. The fourth-order valence-electron chi connectivity index (χ4n) is 2.90. The van der Waals surface area contributed by atoms with Gasteiger partial charge in [0.05, 0.1) is 26.2 Å². The number of piperidine rings is 1. The summed E-state index contributed by atoms with van der Waals surface area (Å²) in [6, 6.07) is 5.82. The lowest BCUT2D eigenvalue weighted by Crippen LogP contribution is -2.29. The maximum absolute atomic E-state index is 5.49. The summed E-state index contributed by atoms with van der Waals surface area (Å²) in [5.41, 5.74) is 2.18. The molecule has 1 atom stereocenters. The van der Waals surface area contributed by atoms with Crippen LogP contribution in [0, 0.1) is 0 Å². The fourth-order valence-corrected chi connectivity index (χ4v) is 2.90. The third kappa shape index (κ3) is 2.74. The molecule has 5 nitrogen and oxygen atoms in total. The molecular formula is C16H21N3O2. The normalized spacial score (nSPS) is 18.5. The Morgan fingerprint density at radius 2 is 2.19 bits per heavy atom. The van der Waals surface area contributed by atoms with E-state index in [0.29, 0.717) is 5.92 Å². The van der Waals surface area contributed by atoms with Crippen molar-refractivity contribution in [1.82, 2.24) is 14.9 Å². The molecule has 1 fully saturated rings. The van der Waals surface area contributed by atoms with Crippen LogP contribution in [0.1, 0.15) is 24.5 Å². The number of hydrogen-bond donors (Lipinski definition) is 1. The highest BCUT2D eigenvalue weighted by Crippen LogP contribution is 2.32. The van der Waals surface area contributed by atoms with Gasteiger partial charge in [-0.3, -0.25) is 4.57 Å². The molecule has 112 valence electrons. The third-order valence-electron chi connectivity index (χ3n) is 4.03. The van der Waals surface area contributed by atoms with Crippen molar-refractivity contribution in [3.8, 4) is 17.2 Å². The molecule has 1 unspecified atom stereocenters. The lowest BCUT2D eigenvalue weighted by molar-refractivity contribution is 0.400. The van der Waals surface area contributed by atoms with Gasteiger partial charge in [0, 0.05) is 30.4 Å². The molecule has 0 radical (unpaired) electrons. The van der Waals surface area contributed by atoms with Gasteiger partial charge in [0.25, 0.3) is 0 Å². The van der Waals surface area contributed by atoms with Gasteiger partial charge in [0.15, 0.2) is 0 Å². The number of methoxy groups -OCH3 is 2. The van der Waals surface area contributed by atoms with Crippen LogP contribution in [-0.2, 0) is 0 Å². The molecule has 1 aliphatic heterocycles. The van der Waals surface area contributed by atoms with Crippen molar-refractivity contribution in [1.29, 1.82) is 0 Å². The number of nitrogens with zero attached hydrogens (tertiary/aromatic N) is 2. The average molecular weight is 287 g/mol. The standard InChI is InChI=1S/C16H21N3O2/c1-20-13-5-6-16(21-2)14(8-13)19-11-18-10-15(19)12-4-3-7-17-9-12/h5-6,8,10-12,17H,3-4,7,9H2,1-2H3. The molecule has 1 aromatic carbocycles. The van der Waals surface area contributed by atoms with E-state index < -0.39 is 0 Å². The third-order valence-corrected chi connectivity index (χ3v) is 4.03. The monoisotopic (exact) mass is 287 g/mol. The summed E-state index contributed by atoms with van der Waals surface area (Å²) in [5, 5.41) is 3.46. The van der Waals surface area contributed by atoms with E-state index in [1.165, 1.54) is 18.5 Å². The highest BCUT2D eigenvalue weighted by atomic mass is 16.5. The van der Waals surface area contributed by atoms with Crippen molar-refractivity contribution in [2.45, 2.75) is 18.8 Å². The Hall–Kier alpha value is -2.01. The Kier molecular flexibility index (Phi) is 4.10. The zero-order chi connectivity index (χ0) is 14.7. The minimum absolute atomic E-state index is 0.483. The quantitative estimate of drug-likeness (QED) is 0.938. The van der Waals surface area contributed by atoms with Gasteiger partial charge in [-0.25, -0.2) is 4.98 Å². The van der Waals surface area contributed by atoms with E-state index in [1.54, 1.807) is 14.2 Å². The zero-order valence-electron chi connectivity index (χ0n) is 12.5. The molecule has 1 aliphatic rings. The van der Waals surface area contributed by atoms with Gasteiger partial charge in [0.2, 0.25) is 0 Å². The van der Waals surface area contributed by atoms with E-state index in [-0.39, 0.29) is 0 Å². The molecule has 2 heterocycles. The van der Waals surface area contributed by atoms with Crippen LogP contribution >= 0.6 is 0 Å². The van der Waals surface area contributed by atoms with Crippen molar-refractivity contribution in [2.75, 3.05) is 27.3 Å². The first-order valence-electron chi connectivity index (χ1n) is 7.29. The topological polar surface area (TPSA) is 48.3 Å². The first-order valence-corrected chi connectivity index (χ1v) is 7.29. The van der Waals surface area contributed by atoms with Gasteiger partial charge in [0.1, 0.15) is 11.5 Å². The molecule has 0 amide bonds. The Labute approximate surface area is 124 Å². The Morgan fingerprint density at radius 3 is 2.90 bits per heavy atom.